The molecule has 0 saturated carbocycles. The molecule has 2 aromatic rings. The lowest BCUT2D eigenvalue weighted by Gasteiger charge is -2.24. The second kappa shape index (κ2) is 6.24. The summed E-state index contributed by atoms with van der Waals surface area (Å²) in [6.07, 6.45) is 0.569. The first-order valence-electron chi connectivity index (χ1n) is 8.06. The summed E-state index contributed by atoms with van der Waals surface area (Å²) in [5, 5.41) is 2.97. The fraction of sp³-hybridized carbons (Fsp3) is 0.316. The maximum absolute atomic E-state index is 13.2. The summed E-state index contributed by atoms with van der Waals surface area (Å²) < 4.78 is 24.1. The van der Waals surface area contributed by atoms with E-state index in [9.17, 15) is 9.18 Å². The predicted molar refractivity (Wildman–Crippen MR) is 85.9 cm³/mol. The average Bonchev–Trinajstić information content (AvgIpc) is 3.07. The van der Waals surface area contributed by atoms with Crippen molar-refractivity contribution in [3.05, 3.63) is 64.5 Å². The third-order valence-electron chi connectivity index (χ3n) is 4.56. The molecule has 1 unspecified atom stereocenters. The average molecular weight is 327 g/mol. The van der Waals surface area contributed by atoms with Crippen LogP contribution >= 0.6 is 0 Å². The molecule has 5 heteroatoms. The number of carbonyl (C=O) groups is 1. The molecular formula is C19H18FNO3. The number of rotatable bonds is 3. The zero-order chi connectivity index (χ0) is 16.5. The van der Waals surface area contributed by atoms with Crippen molar-refractivity contribution in [2.75, 3.05) is 6.61 Å². The summed E-state index contributed by atoms with van der Waals surface area (Å²) in [7, 11) is 0. The van der Waals surface area contributed by atoms with Crippen LogP contribution in [0.15, 0.2) is 36.4 Å². The molecule has 0 fully saturated rings. The first kappa shape index (κ1) is 15.1. The Balaban J connectivity index is 1.37. The SMILES string of the molecule is O=C(NCc1ccc2c(c1)COC2)C1COc2cc(F)ccc2C1. The van der Waals surface area contributed by atoms with Gasteiger partial charge in [-0.15, -0.1) is 0 Å². The van der Waals surface area contributed by atoms with Gasteiger partial charge in [-0.05, 0) is 34.7 Å². The quantitative estimate of drug-likeness (QED) is 0.943. The molecule has 24 heavy (non-hydrogen) atoms. The van der Waals surface area contributed by atoms with E-state index in [2.05, 4.69) is 17.4 Å². The third kappa shape index (κ3) is 2.99. The minimum atomic E-state index is -0.322. The zero-order valence-corrected chi connectivity index (χ0v) is 13.2. The minimum absolute atomic E-state index is 0.0401. The van der Waals surface area contributed by atoms with Crippen molar-refractivity contribution in [1.82, 2.24) is 5.32 Å². The summed E-state index contributed by atoms with van der Waals surface area (Å²) in [4.78, 5) is 12.4. The highest BCUT2D eigenvalue weighted by molar-refractivity contribution is 5.79. The van der Waals surface area contributed by atoms with Crippen LogP contribution in [-0.4, -0.2) is 12.5 Å². The molecule has 4 nitrogen and oxygen atoms in total. The maximum Gasteiger partial charge on any atom is 0.227 e. The standard InChI is InChI=1S/C19H18FNO3/c20-17-4-3-13-6-16(11-24-18(13)7-17)19(22)21-8-12-1-2-14-9-23-10-15(14)5-12/h1-5,7,16H,6,8-11H2,(H,21,22). The van der Waals surface area contributed by atoms with Crippen molar-refractivity contribution >= 4 is 5.91 Å². The van der Waals surface area contributed by atoms with Crippen LogP contribution in [0, 0.1) is 11.7 Å². The van der Waals surface area contributed by atoms with Crippen molar-refractivity contribution in [2.24, 2.45) is 5.92 Å². The van der Waals surface area contributed by atoms with Crippen LogP contribution in [0.5, 0.6) is 5.75 Å². The van der Waals surface area contributed by atoms with E-state index >= 15 is 0 Å². The van der Waals surface area contributed by atoms with E-state index in [1.807, 2.05) is 6.07 Å². The van der Waals surface area contributed by atoms with Crippen LogP contribution in [-0.2, 0) is 35.7 Å². The Morgan fingerprint density at radius 3 is 2.88 bits per heavy atom. The van der Waals surface area contributed by atoms with Gasteiger partial charge in [-0.1, -0.05) is 24.3 Å². The van der Waals surface area contributed by atoms with Crippen LogP contribution in [0.3, 0.4) is 0 Å². The summed E-state index contributed by atoms with van der Waals surface area (Å²) in [5.74, 6) is -0.0719. The van der Waals surface area contributed by atoms with Crippen LogP contribution in [0.4, 0.5) is 4.39 Å². The molecule has 0 aromatic heterocycles. The lowest BCUT2D eigenvalue weighted by molar-refractivity contribution is -0.126. The summed E-state index contributed by atoms with van der Waals surface area (Å²) >= 11 is 0. The third-order valence-corrected chi connectivity index (χ3v) is 4.56. The number of ether oxygens (including phenoxy) is 2. The minimum Gasteiger partial charge on any atom is -0.492 e. The number of benzene rings is 2. The zero-order valence-electron chi connectivity index (χ0n) is 13.2. The first-order valence-corrected chi connectivity index (χ1v) is 8.06. The molecule has 4 rings (SSSR count). The van der Waals surface area contributed by atoms with E-state index < -0.39 is 0 Å². The number of amides is 1. The highest BCUT2D eigenvalue weighted by Gasteiger charge is 2.26. The van der Waals surface area contributed by atoms with E-state index in [1.54, 1.807) is 6.07 Å². The molecule has 0 saturated heterocycles. The smallest absolute Gasteiger partial charge is 0.227 e. The van der Waals surface area contributed by atoms with E-state index in [4.69, 9.17) is 9.47 Å². The molecule has 0 spiro atoms. The van der Waals surface area contributed by atoms with Crippen molar-refractivity contribution in [2.45, 2.75) is 26.2 Å². The molecule has 1 atom stereocenters. The van der Waals surface area contributed by atoms with Crippen LogP contribution in [0.25, 0.3) is 0 Å². The Morgan fingerprint density at radius 2 is 1.96 bits per heavy atom. The highest BCUT2D eigenvalue weighted by Crippen LogP contribution is 2.28. The fourth-order valence-corrected chi connectivity index (χ4v) is 3.18. The molecule has 124 valence electrons. The van der Waals surface area contributed by atoms with Crippen molar-refractivity contribution in [1.29, 1.82) is 0 Å². The number of hydrogen-bond donors (Lipinski definition) is 1. The largest absolute Gasteiger partial charge is 0.492 e. The van der Waals surface area contributed by atoms with Gasteiger partial charge in [-0.2, -0.15) is 0 Å². The first-order chi connectivity index (χ1) is 11.7. The summed E-state index contributed by atoms with van der Waals surface area (Å²) in [5.41, 5.74) is 4.34. The van der Waals surface area contributed by atoms with E-state index in [0.29, 0.717) is 31.9 Å². The van der Waals surface area contributed by atoms with Crippen molar-refractivity contribution < 1.29 is 18.7 Å². The van der Waals surface area contributed by atoms with Crippen LogP contribution < -0.4 is 10.1 Å². The second-order valence-corrected chi connectivity index (χ2v) is 6.28. The van der Waals surface area contributed by atoms with E-state index in [1.165, 1.54) is 23.3 Å². The lowest BCUT2D eigenvalue weighted by atomic mass is 9.96. The molecule has 1 N–H and O–H groups in total. The molecule has 0 radical (unpaired) electrons. The van der Waals surface area contributed by atoms with Gasteiger partial charge in [-0.3, -0.25) is 4.79 Å². The molecule has 2 aliphatic rings. The number of nitrogens with one attached hydrogen (secondary N) is 1. The summed E-state index contributed by atoms with van der Waals surface area (Å²) in [6, 6.07) is 10.6. The van der Waals surface area contributed by atoms with Gasteiger partial charge in [0.1, 0.15) is 18.2 Å². The molecule has 1 amide bonds. The fourth-order valence-electron chi connectivity index (χ4n) is 3.18. The van der Waals surface area contributed by atoms with Crippen molar-refractivity contribution in [3.8, 4) is 5.75 Å². The highest BCUT2D eigenvalue weighted by atomic mass is 19.1. The molecule has 2 aliphatic heterocycles. The van der Waals surface area contributed by atoms with Gasteiger partial charge in [0.05, 0.1) is 19.1 Å². The predicted octanol–water partition coefficient (Wildman–Crippen LogP) is 2.72. The lowest BCUT2D eigenvalue weighted by Crippen LogP contribution is -2.37. The van der Waals surface area contributed by atoms with Gasteiger partial charge in [0.15, 0.2) is 0 Å². The Hall–Kier alpha value is -2.40. The van der Waals surface area contributed by atoms with Gasteiger partial charge < -0.3 is 14.8 Å². The van der Waals surface area contributed by atoms with E-state index in [0.717, 1.165) is 11.1 Å². The van der Waals surface area contributed by atoms with Gasteiger partial charge in [0, 0.05) is 12.6 Å². The van der Waals surface area contributed by atoms with Crippen LogP contribution in [0.1, 0.15) is 22.3 Å². The number of fused-ring (bicyclic) bond motifs is 2. The van der Waals surface area contributed by atoms with Gasteiger partial charge in [0.2, 0.25) is 5.91 Å². The Morgan fingerprint density at radius 1 is 1.12 bits per heavy atom. The van der Waals surface area contributed by atoms with Crippen LogP contribution in [0.2, 0.25) is 0 Å². The second-order valence-electron chi connectivity index (χ2n) is 6.28. The normalized spacial score (nSPS) is 18.5. The molecule has 0 bridgehead atoms. The number of carbonyl (C=O) groups excluding carboxylic acids is 1. The molecular weight excluding hydrogens is 309 g/mol. The van der Waals surface area contributed by atoms with Gasteiger partial charge in [0.25, 0.3) is 0 Å². The molecule has 0 aliphatic carbocycles. The Kier molecular flexibility index (Phi) is 3.94. The molecule has 2 aromatic carbocycles. The topological polar surface area (TPSA) is 47.6 Å². The monoisotopic (exact) mass is 327 g/mol. The Labute approximate surface area is 139 Å². The number of halogens is 1. The Bertz CT molecular complexity index is 790. The van der Waals surface area contributed by atoms with Gasteiger partial charge >= 0.3 is 0 Å². The van der Waals surface area contributed by atoms with Gasteiger partial charge in [-0.25, -0.2) is 4.39 Å². The van der Waals surface area contributed by atoms with E-state index in [-0.39, 0.29) is 24.2 Å². The molecule has 2 heterocycles. The maximum atomic E-state index is 13.2. The summed E-state index contributed by atoms with van der Waals surface area (Å²) in [6.45, 7) is 2.07. The number of hydrogen-bond acceptors (Lipinski definition) is 3. The van der Waals surface area contributed by atoms with Crippen molar-refractivity contribution in [3.63, 3.8) is 0 Å².